The van der Waals surface area contributed by atoms with Crippen molar-refractivity contribution in [3.05, 3.63) is 53.8 Å². The predicted octanol–water partition coefficient (Wildman–Crippen LogP) is 2.95. The Morgan fingerprint density at radius 3 is 2.29 bits per heavy atom. The summed E-state index contributed by atoms with van der Waals surface area (Å²) in [6.45, 7) is -0.675. The Labute approximate surface area is 161 Å². The van der Waals surface area contributed by atoms with Crippen LogP contribution >= 0.6 is 0 Å². The van der Waals surface area contributed by atoms with Crippen molar-refractivity contribution in [1.82, 2.24) is 0 Å². The minimum atomic E-state index is -0.823. The van der Waals surface area contributed by atoms with Crippen LogP contribution in [-0.2, 0) is 9.53 Å². The highest BCUT2D eigenvalue weighted by Gasteiger charge is 2.24. The van der Waals surface area contributed by atoms with Gasteiger partial charge in [-0.2, -0.15) is 5.26 Å². The number of nitrogens with zero attached hydrogens (tertiary/aromatic N) is 2. The fraction of sp³-hybridized carbons (Fsp3) is 0.250. The fourth-order valence-electron chi connectivity index (χ4n) is 2.54. The number of amides is 1. The molecule has 1 amide bonds. The lowest BCUT2D eigenvalue weighted by atomic mass is 10.2. The average molecular weight is 386 g/mol. The molecule has 0 fully saturated rings. The molecule has 0 atom stereocenters. The van der Waals surface area contributed by atoms with Crippen LogP contribution in [-0.4, -0.2) is 39.2 Å². The van der Waals surface area contributed by atoms with Crippen LogP contribution in [0, 0.1) is 17.1 Å². The van der Waals surface area contributed by atoms with Crippen LogP contribution in [0.3, 0.4) is 0 Å². The molecule has 0 saturated heterocycles. The summed E-state index contributed by atoms with van der Waals surface area (Å²) in [5.41, 5.74) is 0.0448. The van der Waals surface area contributed by atoms with Gasteiger partial charge in [-0.1, -0.05) is 18.2 Å². The molecule has 2 rings (SSSR count). The van der Waals surface area contributed by atoms with Crippen molar-refractivity contribution in [3.8, 4) is 17.6 Å². The van der Waals surface area contributed by atoms with Gasteiger partial charge in [-0.25, -0.2) is 9.18 Å². The molecule has 146 valence electrons. The zero-order valence-electron chi connectivity index (χ0n) is 15.5. The number of hydrogen-bond acceptors (Lipinski definition) is 6. The topological polar surface area (TPSA) is 88.9 Å². The molecule has 2 aromatic carbocycles. The number of halogens is 1. The van der Waals surface area contributed by atoms with Crippen molar-refractivity contribution < 1.29 is 28.2 Å². The van der Waals surface area contributed by atoms with E-state index in [0.717, 1.165) is 4.90 Å². The summed E-state index contributed by atoms with van der Waals surface area (Å²) < 4.78 is 29.5. The van der Waals surface area contributed by atoms with Gasteiger partial charge in [-0.05, 0) is 24.3 Å². The molecule has 8 heteroatoms. The molecule has 0 heterocycles. The first kappa shape index (κ1) is 20.7. The number of anilines is 1. The summed E-state index contributed by atoms with van der Waals surface area (Å²) in [7, 11) is 2.77. The van der Waals surface area contributed by atoms with Gasteiger partial charge in [0.25, 0.3) is 5.91 Å². The number of carbonyl (C=O) groups excluding carboxylic acids is 2. The van der Waals surface area contributed by atoms with Gasteiger partial charge in [0, 0.05) is 6.54 Å². The van der Waals surface area contributed by atoms with Crippen molar-refractivity contribution in [2.75, 3.05) is 32.3 Å². The van der Waals surface area contributed by atoms with Gasteiger partial charge in [0.15, 0.2) is 6.61 Å². The van der Waals surface area contributed by atoms with Gasteiger partial charge in [0.1, 0.15) is 22.9 Å². The van der Waals surface area contributed by atoms with Crippen LogP contribution in [0.4, 0.5) is 10.1 Å². The van der Waals surface area contributed by atoms with Crippen molar-refractivity contribution >= 4 is 17.6 Å². The quantitative estimate of drug-likeness (QED) is 0.648. The van der Waals surface area contributed by atoms with E-state index >= 15 is 0 Å². The fourth-order valence-corrected chi connectivity index (χ4v) is 2.54. The number of nitriles is 1. The summed E-state index contributed by atoms with van der Waals surface area (Å²) in [5, 5.41) is 8.80. The standard InChI is InChI=1S/C20H19FN2O5/c1-26-16-9-5-10-17(27-2)19(16)20(25)28-13-18(24)23(12-6-11-22)15-8-4-3-7-14(15)21/h3-5,7-10H,6,12-13H2,1-2H3. The molecule has 0 aromatic heterocycles. The summed E-state index contributed by atoms with van der Waals surface area (Å²) >= 11 is 0. The highest BCUT2D eigenvalue weighted by Crippen LogP contribution is 2.29. The largest absolute Gasteiger partial charge is 0.496 e. The van der Waals surface area contributed by atoms with E-state index in [9.17, 15) is 14.0 Å². The number of ether oxygens (including phenoxy) is 3. The molecule has 28 heavy (non-hydrogen) atoms. The second kappa shape index (κ2) is 9.92. The maximum absolute atomic E-state index is 14.1. The number of carbonyl (C=O) groups is 2. The first-order valence-electron chi connectivity index (χ1n) is 8.33. The number of rotatable bonds is 8. The minimum Gasteiger partial charge on any atom is -0.496 e. The van der Waals surface area contributed by atoms with Crippen LogP contribution in [0.25, 0.3) is 0 Å². The number of benzene rings is 2. The highest BCUT2D eigenvalue weighted by molar-refractivity contribution is 5.99. The smallest absolute Gasteiger partial charge is 0.346 e. The third-order valence-corrected chi connectivity index (χ3v) is 3.85. The first-order chi connectivity index (χ1) is 13.5. The SMILES string of the molecule is COc1cccc(OC)c1C(=O)OCC(=O)N(CCC#N)c1ccccc1F. The Morgan fingerprint density at radius 1 is 1.07 bits per heavy atom. The van der Waals surface area contributed by atoms with Gasteiger partial charge in [-0.15, -0.1) is 0 Å². The molecular formula is C20H19FN2O5. The molecule has 0 aliphatic rings. The Bertz CT molecular complexity index is 872. The van der Waals surface area contributed by atoms with E-state index in [4.69, 9.17) is 19.5 Å². The summed E-state index contributed by atoms with van der Waals surface area (Å²) in [4.78, 5) is 26.1. The maximum atomic E-state index is 14.1. The third kappa shape index (κ3) is 4.76. The number of para-hydroxylation sites is 1. The van der Waals surface area contributed by atoms with Gasteiger partial charge in [0.2, 0.25) is 0 Å². The second-order valence-corrected chi connectivity index (χ2v) is 5.52. The van der Waals surface area contributed by atoms with Gasteiger partial charge >= 0.3 is 5.97 Å². The molecular weight excluding hydrogens is 367 g/mol. The van der Waals surface area contributed by atoms with Crippen molar-refractivity contribution in [2.24, 2.45) is 0 Å². The first-order valence-corrected chi connectivity index (χ1v) is 8.33. The molecule has 0 saturated carbocycles. The molecule has 0 aliphatic heterocycles. The molecule has 0 unspecified atom stereocenters. The van der Waals surface area contributed by atoms with E-state index < -0.39 is 24.3 Å². The van der Waals surface area contributed by atoms with Crippen molar-refractivity contribution in [3.63, 3.8) is 0 Å². The van der Waals surface area contributed by atoms with Gasteiger partial charge in [0.05, 0.1) is 32.4 Å². The lowest BCUT2D eigenvalue weighted by Crippen LogP contribution is -2.36. The van der Waals surface area contributed by atoms with E-state index in [1.165, 1.54) is 32.4 Å². The van der Waals surface area contributed by atoms with Crippen molar-refractivity contribution in [2.45, 2.75) is 6.42 Å². The highest BCUT2D eigenvalue weighted by atomic mass is 19.1. The molecule has 7 nitrogen and oxygen atoms in total. The number of methoxy groups -OCH3 is 2. The zero-order chi connectivity index (χ0) is 20.5. The Balaban J connectivity index is 2.18. The van der Waals surface area contributed by atoms with Crippen LogP contribution in [0.5, 0.6) is 11.5 Å². The van der Waals surface area contributed by atoms with Crippen LogP contribution in [0.1, 0.15) is 16.8 Å². The van der Waals surface area contributed by atoms with Gasteiger partial charge in [-0.3, -0.25) is 4.79 Å². The van der Waals surface area contributed by atoms with E-state index in [1.807, 2.05) is 6.07 Å². The van der Waals surface area contributed by atoms with Crippen molar-refractivity contribution in [1.29, 1.82) is 5.26 Å². The molecule has 2 aromatic rings. The van der Waals surface area contributed by atoms with Crippen LogP contribution in [0.15, 0.2) is 42.5 Å². The summed E-state index contributed by atoms with van der Waals surface area (Å²) in [6, 6.07) is 12.3. The Kier molecular flexibility index (Phi) is 7.34. The van der Waals surface area contributed by atoms with E-state index in [1.54, 1.807) is 24.3 Å². The average Bonchev–Trinajstić information content (AvgIpc) is 2.72. The Hall–Kier alpha value is -3.60. The summed E-state index contributed by atoms with van der Waals surface area (Å²) in [6.07, 6.45) is -0.00560. The lowest BCUT2D eigenvalue weighted by molar-refractivity contribution is -0.121. The van der Waals surface area contributed by atoms with Crippen LogP contribution in [0.2, 0.25) is 0 Å². The minimum absolute atomic E-state index is 0.00560. The molecule has 0 aliphatic carbocycles. The number of hydrogen-bond donors (Lipinski definition) is 0. The molecule has 0 spiro atoms. The van der Waals surface area contributed by atoms with E-state index in [2.05, 4.69) is 0 Å². The van der Waals surface area contributed by atoms with Crippen LogP contribution < -0.4 is 14.4 Å². The molecule has 0 N–H and O–H groups in total. The van der Waals surface area contributed by atoms with E-state index in [-0.39, 0.29) is 35.7 Å². The zero-order valence-corrected chi connectivity index (χ0v) is 15.5. The monoisotopic (exact) mass is 386 g/mol. The summed E-state index contributed by atoms with van der Waals surface area (Å²) in [5.74, 6) is -1.65. The van der Waals surface area contributed by atoms with Gasteiger partial charge < -0.3 is 19.1 Å². The Morgan fingerprint density at radius 2 is 1.71 bits per heavy atom. The molecule has 0 bridgehead atoms. The second-order valence-electron chi connectivity index (χ2n) is 5.52. The number of esters is 1. The normalized spacial score (nSPS) is 9.93. The predicted molar refractivity (Wildman–Crippen MR) is 98.8 cm³/mol. The lowest BCUT2D eigenvalue weighted by Gasteiger charge is -2.22. The molecule has 0 radical (unpaired) electrons. The maximum Gasteiger partial charge on any atom is 0.346 e. The van der Waals surface area contributed by atoms with E-state index in [0.29, 0.717) is 0 Å². The third-order valence-electron chi connectivity index (χ3n) is 3.85.